The highest BCUT2D eigenvalue weighted by molar-refractivity contribution is 6.35. The molecule has 0 fully saturated rings. The van der Waals surface area contributed by atoms with Crippen molar-refractivity contribution in [3.63, 3.8) is 0 Å². The molecular weight excluding hydrogens is 407 g/mol. The molecule has 0 saturated heterocycles. The zero-order valence-electron chi connectivity index (χ0n) is 14.6. The number of amides is 3. The average molecular weight is 421 g/mol. The quantitative estimate of drug-likeness (QED) is 0.592. The van der Waals surface area contributed by atoms with Gasteiger partial charge in [-0.3, -0.25) is 19.3 Å². The number of ether oxygens (including phenoxy) is 1. The van der Waals surface area contributed by atoms with Gasteiger partial charge in [-0.15, -0.1) is 0 Å². The molecule has 1 aliphatic rings. The van der Waals surface area contributed by atoms with E-state index >= 15 is 0 Å². The van der Waals surface area contributed by atoms with E-state index in [1.807, 2.05) is 0 Å². The van der Waals surface area contributed by atoms with Crippen molar-refractivity contribution in [2.24, 2.45) is 0 Å². The van der Waals surface area contributed by atoms with Crippen LogP contribution in [0, 0.1) is 0 Å². The maximum atomic E-state index is 12.4. The van der Waals surface area contributed by atoms with Gasteiger partial charge < -0.3 is 10.1 Å². The Kier molecular flexibility index (Phi) is 5.67. The van der Waals surface area contributed by atoms with Crippen molar-refractivity contribution in [3.05, 3.63) is 63.6 Å². The molecule has 0 bridgehead atoms. The van der Waals surface area contributed by atoms with Crippen molar-refractivity contribution in [1.82, 2.24) is 4.90 Å². The van der Waals surface area contributed by atoms with Crippen LogP contribution in [0.15, 0.2) is 42.5 Å². The van der Waals surface area contributed by atoms with Crippen LogP contribution >= 0.6 is 23.2 Å². The van der Waals surface area contributed by atoms with Crippen LogP contribution in [0.1, 0.15) is 27.6 Å². The van der Waals surface area contributed by atoms with Crippen molar-refractivity contribution >= 4 is 52.6 Å². The number of imide groups is 1. The van der Waals surface area contributed by atoms with Crippen LogP contribution in [0.5, 0.6) is 0 Å². The Bertz CT molecular complexity index is 957. The van der Waals surface area contributed by atoms with Crippen LogP contribution in [-0.4, -0.2) is 41.2 Å². The second-order valence-corrected chi connectivity index (χ2v) is 6.83. The summed E-state index contributed by atoms with van der Waals surface area (Å²) in [7, 11) is 0. The number of nitrogens with one attached hydrogen (secondary N) is 1. The van der Waals surface area contributed by atoms with E-state index in [2.05, 4.69) is 5.32 Å². The molecule has 1 N–H and O–H groups in total. The number of fused-ring (bicyclic) bond motifs is 1. The fraction of sp³-hybridized carbons (Fsp3) is 0.158. The second kappa shape index (κ2) is 8.00. The first-order valence-corrected chi connectivity index (χ1v) is 8.93. The van der Waals surface area contributed by atoms with Crippen LogP contribution in [-0.2, 0) is 14.3 Å². The van der Waals surface area contributed by atoms with Crippen LogP contribution in [0.2, 0.25) is 10.0 Å². The zero-order valence-corrected chi connectivity index (χ0v) is 16.1. The molecule has 28 heavy (non-hydrogen) atoms. The summed E-state index contributed by atoms with van der Waals surface area (Å²) < 4.78 is 4.94. The number of carbonyl (C=O) groups excluding carboxylic acids is 4. The Balaban J connectivity index is 1.61. The highest BCUT2D eigenvalue weighted by Gasteiger charge is 2.41. The summed E-state index contributed by atoms with van der Waals surface area (Å²) in [6.45, 7) is 0.741. The summed E-state index contributed by atoms with van der Waals surface area (Å²) in [6, 6.07) is 9.61. The summed E-state index contributed by atoms with van der Waals surface area (Å²) in [6.07, 6.45) is 0. The molecule has 1 atom stereocenters. The molecule has 7 nitrogen and oxygen atoms in total. The molecule has 0 spiro atoms. The van der Waals surface area contributed by atoms with Crippen LogP contribution < -0.4 is 5.32 Å². The zero-order chi connectivity index (χ0) is 20.4. The van der Waals surface area contributed by atoms with E-state index in [-0.39, 0.29) is 21.8 Å². The Labute approximate surface area is 170 Å². The summed E-state index contributed by atoms with van der Waals surface area (Å²) in [5.41, 5.74) is 0.713. The lowest BCUT2D eigenvalue weighted by Gasteiger charge is -2.20. The van der Waals surface area contributed by atoms with Crippen molar-refractivity contribution in [2.75, 3.05) is 11.9 Å². The van der Waals surface area contributed by atoms with Gasteiger partial charge in [0.05, 0.1) is 21.8 Å². The molecule has 9 heteroatoms. The lowest BCUT2D eigenvalue weighted by atomic mass is 10.1. The third-order valence-corrected chi connectivity index (χ3v) is 4.67. The van der Waals surface area contributed by atoms with Gasteiger partial charge in [-0.25, -0.2) is 4.79 Å². The fourth-order valence-electron chi connectivity index (χ4n) is 2.70. The van der Waals surface area contributed by atoms with Gasteiger partial charge in [-0.2, -0.15) is 0 Å². The van der Waals surface area contributed by atoms with E-state index < -0.39 is 36.3 Å². The Morgan fingerprint density at radius 1 is 1.07 bits per heavy atom. The van der Waals surface area contributed by atoms with Crippen molar-refractivity contribution in [1.29, 1.82) is 0 Å². The highest BCUT2D eigenvalue weighted by atomic mass is 35.5. The molecule has 1 heterocycles. The number of hydrogen-bond donors (Lipinski definition) is 1. The minimum Gasteiger partial charge on any atom is -0.454 e. The van der Waals surface area contributed by atoms with Gasteiger partial charge in [0.2, 0.25) is 0 Å². The van der Waals surface area contributed by atoms with Crippen LogP contribution in [0.25, 0.3) is 0 Å². The number of benzene rings is 2. The largest absolute Gasteiger partial charge is 0.454 e. The molecule has 0 aromatic heterocycles. The first kappa shape index (κ1) is 19.9. The minimum atomic E-state index is -1.19. The Hall–Kier alpha value is -2.90. The van der Waals surface area contributed by atoms with E-state index in [4.69, 9.17) is 27.9 Å². The third kappa shape index (κ3) is 3.85. The lowest BCUT2D eigenvalue weighted by molar-refractivity contribution is -0.150. The average Bonchev–Trinajstić information content (AvgIpc) is 2.93. The first-order valence-electron chi connectivity index (χ1n) is 8.18. The van der Waals surface area contributed by atoms with Crippen molar-refractivity contribution in [2.45, 2.75) is 13.0 Å². The molecule has 1 aliphatic heterocycles. The van der Waals surface area contributed by atoms with E-state index in [1.165, 1.54) is 31.2 Å². The first-order chi connectivity index (χ1) is 13.3. The van der Waals surface area contributed by atoms with Gasteiger partial charge in [-0.1, -0.05) is 35.3 Å². The van der Waals surface area contributed by atoms with Gasteiger partial charge in [0, 0.05) is 5.02 Å². The number of carbonyl (C=O) groups is 4. The number of rotatable bonds is 5. The summed E-state index contributed by atoms with van der Waals surface area (Å²) >= 11 is 11.8. The lowest BCUT2D eigenvalue weighted by Crippen LogP contribution is -2.44. The predicted molar refractivity (Wildman–Crippen MR) is 102 cm³/mol. The maximum Gasteiger partial charge on any atom is 0.329 e. The predicted octanol–water partition coefficient (Wildman–Crippen LogP) is 3.16. The monoisotopic (exact) mass is 420 g/mol. The topological polar surface area (TPSA) is 92.8 Å². The molecule has 144 valence electrons. The molecule has 0 radical (unpaired) electrons. The van der Waals surface area contributed by atoms with Crippen LogP contribution in [0.3, 0.4) is 0 Å². The van der Waals surface area contributed by atoms with E-state index in [0.717, 1.165) is 4.90 Å². The van der Waals surface area contributed by atoms with Crippen LogP contribution in [0.4, 0.5) is 5.69 Å². The van der Waals surface area contributed by atoms with E-state index in [0.29, 0.717) is 5.02 Å². The minimum absolute atomic E-state index is 0.223. The number of halogens is 2. The summed E-state index contributed by atoms with van der Waals surface area (Å²) in [5, 5.41) is 3.10. The molecule has 0 aliphatic carbocycles. The summed E-state index contributed by atoms with van der Waals surface area (Å²) in [5.74, 6) is -2.70. The maximum absolute atomic E-state index is 12.4. The highest BCUT2D eigenvalue weighted by Crippen LogP contribution is 2.26. The molecule has 3 amide bonds. The van der Waals surface area contributed by atoms with Gasteiger partial charge in [0.25, 0.3) is 17.7 Å². The van der Waals surface area contributed by atoms with Gasteiger partial charge in [0.1, 0.15) is 6.04 Å². The third-order valence-electron chi connectivity index (χ3n) is 4.10. The SMILES string of the molecule is C[C@H](C(=O)OCC(=O)Nc1cc(Cl)ccc1Cl)N1C(=O)c2ccccc2C1=O. The Morgan fingerprint density at radius 2 is 1.68 bits per heavy atom. The van der Waals surface area contributed by atoms with E-state index in [1.54, 1.807) is 18.2 Å². The second-order valence-electron chi connectivity index (χ2n) is 5.98. The number of hydrogen-bond acceptors (Lipinski definition) is 5. The van der Waals surface area contributed by atoms with E-state index in [9.17, 15) is 19.2 Å². The van der Waals surface area contributed by atoms with Gasteiger partial charge >= 0.3 is 5.97 Å². The molecule has 3 rings (SSSR count). The smallest absolute Gasteiger partial charge is 0.329 e. The standard InChI is InChI=1S/C19H14Cl2N2O5/c1-10(23-17(25)12-4-2-3-5-13(12)18(23)26)19(27)28-9-16(24)22-15-8-11(20)6-7-14(15)21/h2-8,10H,9H2,1H3,(H,22,24)/t10-/m1/s1. The normalized spacial score (nSPS) is 13.9. The number of esters is 1. The molecule has 0 saturated carbocycles. The number of nitrogens with zero attached hydrogens (tertiary/aromatic N) is 1. The van der Waals surface area contributed by atoms with Gasteiger partial charge in [0.15, 0.2) is 6.61 Å². The fourth-order valence-corrected chi connectivity index (χ4v) is 3.04. The molecular formula is C19H14Cl2N2O5. The number of anilines is 1. The molecule has 2 aromatic carbocycles. The summed E-state index contributed by atoms with van der Waals surface area (Å²) in [4.78, 5) is 49.9. The van der Waals surface area contributed by atoms with Crippen molar-refractivity contribution < 1.29 is 23.9 Å². The van der Waals surface area contributed by atoms with Gasteiger partial charge in [-0.05, 0) is 37.3 Å². The molecule has 2 aromatic rings. The molecule has 0 unspecified atom stereocenters. The van der Waals surface area contributed by atoms with Crippen molar-refractivity contribution in [3.8, 4) is 0 Å². The Morgan fingerprint density at radius 3 is 2.29 bits per heavy atom.